The maximum atomic E-state index is 13.0. The fraction of sp³-hybridized carbons (Fsp3) is 0.333. The summed E-state index contributed by atoms with van der Waals surface area (Å²) in [6.07, 6.45) is 0. The summed E-state index contributed by atoms with van der Waals surface area (Å²) in [6, 6.07) is 12.6. The molecule has 1 aromatic heterocycles. The first-order chi connectivity index (χ1) is 16.2. The van der Waals surface area contributed by atoms with Crippen LogP contribution in [-0.2, 0) is 26.2 Å². The van der Waals surface area contributed by atoms with Crippen LogP contribution in [0.1, 0.15) is 25.3 Å². The number of aryl methyl sites for hydroxylation is 1. The van der Waals surface area contributed by atoms with Crippen molar-refractivity contribution in [2.45, 2.75) is 38.3 Å². The molecular formula is C24H26N2O7S. The van der Waals surface area contributed by atoms with Crippen LogP contribution < -0.4 is 14.2 Å². The lowest BCUT2D eigenvalue weighted by Gasteiger charge is -2.22. The van der Waals surface area contributed by atoms with Crippen molar-refractivity contribution >= 4 is 16.0 Å². The maximum absolute atomic E-state index is 13.0. The molecule has 0 spiro atoms. The van der Waals surface area contributed by atoms with Crippen LogP contribution >= 0.6 is 0 Å². The Bertz CT molecular complexity index is 1270. The third-order valence-electron chi connectivity index (χ3n) is 5.29. The van der Waals surface area contributed by atoms with Crippen molar-refractivity contribution in [3.63, 3.8) is 0 Å². The van der Waals surface area contributed by atoms with E-state index < -0.39 is 22.0 Å². The van der Waals surface area contributed by atoms with Crippen LogP contribution in [0.25, 0.3) is 11.5 Å². The number of esters is 1. The van der Waals surface area contributed by atoms with Gasteiger partial charge in [0.25, 0.3) is 0 Å². The number of hydrogen-bond acceptors (Lipinski definition) is 8. The number of carbonyl (C=O) groups is 1. The van der Waals surface area contributed by atoms with Gasteiger partial charge >= 0.3 is 5.97 Å². The highest BCUT2D eigenvalue weighted by molar-refractivity contribution is 7.89. The van der Waals surface area contributed by atoms with Crippen molar-refractivity contribution in [1.82, 2.24) is 9.71 Å². The molecule has 2 aromatic carbocycles. The largest absolute Gasteiger partial charge is 0.486 e. The van der Waals surface area contributed by atoms with Crippen molar-refractivity contribution in [1.29, 1.82) is 0 Å². The predicted octanol–water partition coefficient (Wildman–Crippen LogP) is 3.47. The zero-order valence-corrected chi connectivity index (χ0v) is 19.9. The van der Waals surface area contributed by atoms with Crippen LogP contribution in [0.4, 0.5) is 0 Å². The van der Waals surface area contributed by atoms with Gasteiger partial charge in [-0.2, -0.15) is 4.72 Å². The van der Waals surface area contributed by atoms with Crippen LogP contribution in [0.3, 0.4) is 0 Å². The Morgan fingerprint density at radius 3 is 2.50 bits per heavy atom. The summed E-state index contributed by atoms with van der Waals surface area (Å²) >= 11 is 0. The number of hydrogen-bond donors (Lipinski definition) is 1. The molecule has 0 saturated carbocycles. The third kappa shape index (κ3) is 5.23. The summed E-state index contributed by atoms with van der Waals surface area (Å²) < 4.78 is 50.4. The molecule has 1 atom stereocenters. The molecule has 1 aliphatic heterocycles. The Morgan fingerprint density at radius 1 is 1.09 bits per heavy atom. The second kappa shape index (κ2) is 9.86. The van der Waals surface area contributed by atoms with Gasteiger partial charge in [-0.3, -0.25) is 4.79 Å². The van der Waals surface area contributed by atoms with Crippen LogP contribution in [0.2, 0.25) is 0 Å². The summed E-state index contributed by atoms with van der Waals surface area (Å²) in [4.78, 5) is 17.2. The molecule has 34 heavy (non-hydrogen) atoms. The molecule has 2 heterocycles. The first-order valence-corrected chi connectivity index (χ1v) is 12.3. The van der Waals surface area contributed by atoms with E-state index in [-0.39, 0.29) is 17.4 Å². The van der Waals surface area contributed by atoms with Gasteiger partial charge in [-0.1, -0.05) is 32.0 Å². The van der Waals surface area contributed by atoms with E-state index in [9.17, 15) is 13.2 Å². The number of fused-ring (bicyclic) bond motifs is 1. The van der Waals surface area contributed by atoms with Gasteiger partial charge in [-0.15, -0.1) is 0 Å². The molecule has 0 radical (unpaired) electrons. The molecule has 9 nitrogen and oxygen atoms in total. The van der Waals surface area contributed by atoms with Crippen molar-refractivity contribution < 1.29 is 31.8 Å². The van der Waals surface area contributed by atoms with Crippen LogP contribution in [0.5, 0.6) is 11.5 Å². The number of nitrogens with zero attached hydrogens (tertiary/aromatic N) is 1. The predicted molar refractivity (Wildman–Crippen MR) is 123 cm³/mol. The zero-order valence-electron chi connectivity index (χ0n) is 19.1. The highest BCUT2D eigenvalue weighted by atomic mass is 32.2. The van der Waals surface area contributed by atoms with Gasteiger partial charge in [-0.25, -0.2) is 13.4 Å². The van der Waals surface area contributed by atoms with E-state index >= 15 is 0 Å². The van der Waals surface area contributed by atoms with Gasteiger partial charge in [0.15, 0.2) is 11.5 Å². The molecule has 0 aliphatic carbocycles. The molecule has 180 valence electrons. The minimum atomic E-state index is -4.03. The van der Waals surface area contributed by atoms with Gasteiger partial charge in [0.1, 0.15) is 37.3 Å². The van der Waals surface area contributed by atoms with Gasteiger partial charge in [0, 0.05) is 11.6 Å². The number of aromatic nitrogens is 1. The number of benzene rings is 2. The molecule has 1 N–H and O–H groups in total. The lowest BCUT2D eigenvalue weighted by atomic mass is 10.1. The van der Waals surface area contributed by atoms with E-state index in [0.717, 1.165) is 5.56 Å². The normalized spacial score (nSPS) is 14.1. The lowest BCUT2D eigenvalue weighted by molar-refractivity contribution is -0.148. The maximum Gasteiger partial charge on any atom is 0.324 e. The molecular weight excluding hydrogens is 460 g/mol. The molecule has 4 rings (SSSR count). The fourth-order valence-corrected chi connectivity index (χ4v) is 4.73. The lowest BCUT2D eigenvalue weighted by Crippen LogP contribution is -2.45. The molecule has 0 fully saturated rings. The minimum absolute atomic E-state index is 0.0324. The number of rotatable bonds is 8. The second-order valence-corrected chi connectivity index (χ2v) is 9.86. The van der Waals surface area contributed by atoms with Crippen LogP contribution in [0.15, 0.2) is 57.8 Å². The van der Waals surface area contributed by atoms with Crippen molar-refractivity contribution in [2.24, 2.45) is 5.92 Å². The molecule has 0 bridgehead atoms. The summed E-state index contributed by atoms with van der Waals surface area (Å²) in [5.74, 6) is 0.683. The van der Waals surface area contributed by atoms with E-state index in [1.807, 2.05) is 30.3 Å². The topological polar surface area (TPSA) is 117 Å². The number of sulfonamides is 1. The Hall–Kier alpha value is -3.37. The molecule has 3 aromatic rings. The standard InChI is InChI=1S/C24H26N2O7S/c1-15(2)22(26-34(28,29)18-9-10-20-21(13-18)31-12-11-30-20)24(27)32-14-19-16(3)33-23(25-19)17-7-5-4-6-8-17/h4-10,13,15,22,26H,11-12,14H2,1-3H3/t22-/m0/s1. The Labute approximate surface area is 198 Å². The Morgan fingerprint density at radius 2 is 1.79 bits per heavy atom. The average Bonchev–Trinajstić information content (AvgIpc) is 3.21. The van der Waals surface area contributed by atoms with Crippen LogP contribution in [0, 0.1) is 12.8 Å². The van der Waals surface area contributed by atoms with Crippen molar-refractivity contribution in [3.05, 3.63) is 60.0 Å². The SMILES string of the molecule is Cc1oc(-c2ccccc2)nc1COC(=O)[C@@H](NS(=O)(=O)c1ccc2c(c1)OCCO2)C(C)C. The molecule has 0 unspecified atom stereocenters. The highest BCUT2D eigenvalue weighted by Gasteiger charge is 2.31. The monoisotopic (exact) mass is 486 g/mol. The summed E-state index contributed by atoms with van der Waals surface area (Å²) in [5.41, 5.74) is 1.26. The van der Waals surface area contributed by atoms with E-state index in [1.165, 1.54) is 18.2 Å². The van der Waals surface area contributed by atoms with E-state index in [2.05, 4.69) is 9.71 Å². The smallest absolute Gasteiger partial charge is 0.324 e. The van der Waals surface area contributed by atoms with E-state index in [1.54, 1.807) is 20.8 Å². The van der Waals surface area contributed by atoms with Gasteiger partial charge in [0.05, 0.1) is 4.90 Å². The molecule has 0 amide bonds. The third-order valence-corrected chi connectivity index (χ3v) is 6.73. The highest BCUT2D eigenvalue weighted by Crippen LogP contribution is 2.32. The molecule has 10 heteroatoms. The Balaban J connectivity index is 1.45. The summed E-state index contributed by atoms with van der Waals surface area (Å²) in [7, 11) is -4.03. The number of ether oxygens (including phenoxy) is 3. The first-order valence-electron chi connectivity index (χ1n) is 10.8. The number of carbonyl (C=O) groups excluding carboxylic acids is 1. The van der Waals surface area contributed by atoms with Crippen LogP contribution in [-0.4, -0.2) is 38.6 Å². The first kappa shape index (κ1) is 23.8. The summed E-state index contributed by atoms with van der Waals surface area (Å²) in [5, 5.41) is 0. The number of nitrogens with one attached hydrogen (secondary N) is 1. The average molecular weight is 487 g/mol. The van der Waals surface area contributed by atoms with Gasteiger partial charge < -0.3 is 18.6 Å². The quantitative estimate of drug-likeness (QED) is 0.481. The van der Waals surface area contributed by atoms with Crippen molar-refractivity contribution in [3.8, 4) is 23.0 Å². The van der Waals surface area contributed by atoms with E-state index in [4.69, 9.17) is 18.6 Å². The minimum Gasteiger partial charge on any atom is -0.486 e. The molecule has 0 saturated heterocycles. The summed E-state index contributed by atoms with van der Waals surface area (Å²) in [6.45, 7) is 5.78. The Kier molecular flexibility index (Phi) is 6.90. The zero-order chi connectivity index (χ0) is 24.3. The van der Waals surface area contributed by atoms with Gasteiger partial charge in [-0.05, 0) is 37.1 Å². The van der Waals surface area contributed by atoms with E-state index in [0.29, 0.717) is 42.1 Å². The van der Waals surface area contributed by atoms with Gasteiger partial charge in [0.2, 0.25) is 15.9 Å². The second-order valence-electron chi connectivity index (χ2n) is 8.14. The molecule has 1 aliphatic rings. The number of oxazole rings is 1. The fourth-order valence-electron chi connectivity index (χ4n) is 3.38. The van der Waals surface area contributed by atoms with Crippen molar-refractivity contribution in [2.75, 3.05) is 13.2 Å².